The number of carbonyl (C=O) groups excluding carboxylic acids is 2. The molecule has 0 aromatic heterocycles. The van der Waals surface area contributed by atoms with E-state index in [1.807, 2.05) is 0 Å². The van der Waals surface area contributed by atoms with E-state index in [1.165, 1.54) is 21.0 Å². The Kier molecular flexibility index (Phi) is 8.90. The molecule has 2 aliphatic rings. The minimum atomic E-state index is -1.62. The largest absolute Gasteiger partial charge is 0.394 e. The summed E-state index contributed by atoms with van der Waals surface area (Å²) in [5, 5.41) is 55.3. The Morgan fingerprint density at radius 2 is 1.37 bits per heavy atom. The van der Waals surface area contributed by atoms with Gasteiger partial charge in [0.15, 0.2) is 12.6 Å². The van der Waals surface area contributed by atoms with Crippen molar-refractivity contribution < 1.29 is 54.1 Å². The third kappa shape index (κ3) is 5.43. The number of hydrogen-bond donors (Lipinski definition) is 7. The van der Waals surface area contributed by atoms with Crippen LogP contribution in [0.25, 0.3) is 0 Å². The molecule has 2 amide bonds. The molecule has 10 atom stereocenters. The molecule has 7 N–H and O–H groups in total. The van der Waals surface area contributed by atoms with Gasteiger partial charge < -0.3 is 55.1 Å². The highest BCUT2D eigenvalue weighted by molar-refractivity contribution is 5.73. The average molecular weight is 438 g/mol. The first-order chi connectivity index (χ1) is 14.1. The summed E-state index contributed by atoms with van der Waals surface area (Å²) in [6.07, 6.45) is -10.4. The molecule has 2 heterocycles. The minimum absolute atomic E-state index is 0.515. The molecular weight excluding hydrogens is 408 g/mol. The molecule has 30 heavy (non-hydrogen) atoms. The predicted molar refractivity (Wildman–Crippen MR) is 96.6 cm³/mol. The standard InChI is InChI=1S/C17H30N2O11/c1-6(22)18-10-12(24)15(9(5-21)28-16(10)26)30-17-11(19-7(2)23)13(25)14(27-3)8(4-20)29-17/h8-17,20-21,24-26H,4-5H2,1-3H3,(H,18,22)(H,19,23)/t8-,9?,10-,11?,12-,13?,14-,15?,16-,17?/m1/s1. The third-order valence-corrected chi connectivity index (χ3v) is 5.03. The van der Waals surface area contributed by atoms with E-state index in [0.29, 0.717) is 0 Å². The number of aliphatic hydroxyl groups is 5. The summed E-state index contributed by atoms with van der Waals surface area (Å²) < 4.78 is 21.8. The Hall–Kier alpha value is -1.42. The maximum absolute atomic E-state index is 11.6. The summed E-state index contributed by atoms with van der Waals surface area (Å²) in [5.41, 5.74) is 0. The van der Waals surface area contributed by atoms with E-state index in [9.17, 15) is 35.1 Å². The highest BCUT2D eigenvalue weighted by Crippen LogP contribution is 2.29. The van der Waals surface area contributed by atoms with Gasteiger partial charge >= 0.3 is 0 Å². The number of carbonyl (C=O) groups is 2. The topological polar surface area (TPSA) is 196 Å². The fourth-order valence-corrected chi connectivity index (χ4v) is 3.66. The summed E-state index contributed by atoms with van der Waals surface area (Å²) >= 11 is 0. The Balaban J connectivity index is 2.28. The summed E-state index contributed by atoms with van der Waals surface area (Å²) in [5.74, 6) is -1.06. The first kappa shape index (κ1) is 24.8. The van der Waals surface area contributed by atoms with Crippen molar-refractivity contribution in [3.05, 3.63) is 0 Å². The fourth-order valence-electron chi connectivity index (χ4n) is 3.66. The highest BCUT2D eigenvalue weighted by Gasteiger charge is 2.51. The number of methoxy groups -OCH3 is 1. The van der Waals surface area contributed by atoms with Crippen LogP contribution >= 0.6 is 0 Å². The Labute approximate surface area is 172 Å². The Bertz CT molecular complexity index is 594. The van der Waals surface area contributed by atoms with Gasteiger partial charge in [-0.1, -0.05) is 0 Å². The molecule has 13 nitrogen and oxygen atoms in total. The Morgan fingerprint density at radius 3 is 1.87 bits per heavy atom. The maximum atomic E-state index is 11.6. The van der Waals surface area contributed by atoms with E-state index >= 15 is 0 Å². The first-order valence-corrected chi connectivity index (χ1v) is 9.43. The zero-order valence-corrected chi connectivity index (χ0v) is 16.9. The van der Waals surface area contributed by atoms with Crippen LogP contribution in [0.1, 0.15) is 13.8 Å². The van der Waals surface area contributed by atoms with Crippen molar-refractivity contribution in [2.45, 2.75) is 75.1 Å². The lowest BCUT2D eigenvalue weighted by Gasteiger charge is -2.47. The van der Waals surface area contributed by atoms with E-state index in [0.717, 1.165) is 0 Å². The number of amides is 2. The van der Waals surface area contributed by atoms with Gasteiger partial charge in [-0.2, -0.15) is 0 Å². The van der Waals surface area contributed by atoms with E-state index in [1.54, 1.807) is 0 Å². The molecule has 2 aliphatic heterocycles. The van der Waals surface area contributed by atoms with Gasteiger partial charge in [0.1, 0.15) is 48.7 Å². The van der Waals surface area contributed by atoms with Crippen molar-refractivity contribution in [3.8, 4) is 0 Å². The molecule has 2 fully saturated rings. The molecule has 5 unspecified atom stereocenters. The molecule has 0 aromatic carbocycles. The lowest BCUT2D eigenvalue weighted by Crippen LogP contribution is -2.69. The van der Waals surface area contributed by atoms with Crippen LogP contribution in [0.5, 0.6) is 0 Å². The van der Waals surface area contributed by atoms with Crippen LogP contribution in [0.4, 0.5) is 0 Å². The fraction of sp³-hybridized carbons (Fsp3) is 0.882. The molecule has 0 aromatic rings. The third-order valence-electron chi connectivity index (χ3n) is 5.03. The van der Waals surface area contributed by atoms with Crippen molar-refractivity contribution in [2.24, 2.45) is 0 Å². The second-order valence-electron chi connectivity index (χ2n) is 7.21. The molecule has 13 heteroatoms. The van der Waals surface area contributed by atoms with E-state index < -0.39 is 86.3 Å². The van der Waals surface area contributed by atoms with Gasteiger partial charge in [-0.3, -0.25) is 9.59 Å². The molecule has 0 spiro atoms. The van der Waals surface area contributed by atoms with E-state index in [4.69, 9.17) is 18.9 Å². The molecule has 0 aliphatic carbocycles. The Morgan fingerprint density at radius 1 is 0.867 bits per heavy atom. The zero-order chi connectivity index (χ0) is 22.6. The summed E-state index contributed by atoms with van der Waals surface area (Å²) in [4.78, 5) is 23.0. The molecule has 0 bridgehead atoms. The molecule has 2 saturated heterocycles. The normalized spacial score (nSPS) is 41.9. The van der Waals surface area contributed by atoms with Crippen molar-refractivity contribution in [3.63, 3.8) is 0 Å². The number of hydrogen-bond acceptors (Lipinski definition) is 11. The van der Waals surface area contributed by atoms with Gasteiger partial charge in [-0.25, -0.2) is 0 Å². The van der Waals surface area contributed by atoms with Gasteiger partial charge in [0.2, 0.25) is 11.8 Å². The van der Waals surface area contributed by atoms with Crippen LogP contribution in [-0.4, -0.2) is 119 Å². The monoisotopic (exact) mass is 438 g/mol. The number of ether oxygens (including phenoxy) is 4. The van der Waals surface area contributed by atoms with Crippen LogP contribution in [0.3, 0.4) is 0 Å². The summed E-state index contributed by atoms with van der Waals surface area (Å²) in [6, 6.07) is -2.43. The molecular formula is C17H30N2O11. The average Bonchev–Trinajstić information content (AvgIpc) is 2.68. The van der Waals surface area contributed by atoms with Gasteiger partial charge in [0, 0.05) is 21.0 Å². The lowest BCUT2D eigenvalue weighted by molar-refractivity contribution is -0.329. The molecule has 174 valence electrons. The molecule has 0 saturated carbocycles. The van der Waals surface area contributed by atoms with E-state index in [2.05, 4.69) is 10.6 Å². The zero-order valence-electron chi connectivity index (χ0n) is 16.9. The molecule has 0 radical (unpaired) electrons. The number of rotatable bonds is 7. The summed E-state index contributed by atoms with van der Waals surface area (Å²) in [7, 11) is 1.30. The van der Waals surface area contributed by atoms with Crippen LogP contribution in [0.2, 0.25) is 0 Å². The van der Waals surface area contributed by atoms with Gasteiger partial charge in [0.25, 0.3) is 0 Å². The van der Waals surface area contributed by atoms with Gasteiger partial charge in [-0.15, -0.1) is 0 Å². The van der Waals surface area contributed by atoms with Gasteiger partial charge in [-0.05, 0) is 0 Å². The molecule has 2 rings (SSSR count). The smallest absolute Gasteiger partial charge is 0.217 e. The SMILES string of the molecule is CO[C@H]1C(O)C(NC(C)=O)C(OC2C(CO)O[C@@H](O)[C@H](NC(C)=O)[C@H]2O)O[C@@H]1CO. The second kappa shape index (κ2) is 10.7. The van der Waals surface area contributed by atoms with Crippen LogP contribution in [-0.2, 0) is 28.5 Å². The highest BCUT2D eigenvalue weighted by atomic mass is 16.7. The van der Waals surface area contributed by atoms with Crippen molar-refractivity contribution in [1.29, 1.82) is 0 Å². The van der Waals surface area contributed by atoms with E-state index in [-0.39, 0.29) is 0 Å². The maximum Gasteiger partial charge on any atom is 0.217 e. The van der Waals surface area contributed by atoms with Crippen molar-refractivity contribution >= 4 is 11.8 Å². The summed E-state index contributed by atoms with van der Waals surface area (Å²) in [6.45, 7) is 1.19. The quantitative estimate of drug-likeness (QED) is 0.202. The number of nitrogens with one attached hydrogen (secondary N) is 2. The lowest BCUT2D eigenvalue weighted by atomic mass is 9.94. The van der Waals surface area contributed by atoms with Gasteiger partial charge in [0.05, 0.1) is 13.2 Å². The second-order valence-corrected chi connectivity index (χ2v) is 7.21. The van der Waals surface area contributed by atoms with Crippen molar-refractivity contribution in [2.75, 3.05) is 20.3 Å². The minimum Gasteiger partial charge on any atom is -0.394 e. The van der Waals surface area contributed by atoms with Crippen molar-refractivity contribution in [1.82, 2.24) is 10.6 Å². The van der Waals surface area contributed by atoms with Crippen LogP contribution in [0.15, 0.2) is 0 Å². The van der Waals surface area contributed by atoms with Crippen LogP contribution in [0, 0.1) is 0 Å². The predicted octanol–water partition coefficient (Wildman–Crippen LogP) is -4.46. The van der Waals surface area contributed by atoms with Crippen LogP contribution < -0.4 is 10.6 Å². The number of aliphatic hydroxyl groups excluding tert-OH is 5. The first-order valence-electron chi connectivity index (χ1n) is 9.43.